The summed E-state index contributed by atoms with van der Waals surface area (Å²) in [6.07, 6.45) is 6.99. The Morgan fingerprint density at radius 2 is 1.89 bits per heavy atom. The largest absolute Gasteiger partial charge is 0.0883 e. The van der Waals surface area contributed by atoms with Gasteiger partial charge in [-0.05, 0) is 18.8 Å². The fourth-order valence-corrected chi connectivity index (χ4v) is 1.02. The lowest BCUT2D eigenvalue weighted by Crippen LogP contribution is -1.89. The van der Waals surface area contributed by atoms with E-state index in [2.05, 4.69) is 41.9 Å². The Labute approximate surface area is 66.5 Å². The minimum atomic E-state index is 0.794. The van der Waals surface area contributed by atoms with Crippen molar-refractivity contribution in [3.63, 3.8) is 0 Å². The molecule has 0 unspecified atom stereocenters. The van der Waals surface area contributed by atoms with Crippen molar-refractivity contribution in [1.29, 1.82) is 0 Å². The third-order valence-corrected chi connectivity index (χ3v) is 1.92. The first-order valence-electron chi connectivity index (χ1n) is 3.57. The SMILES string of the molecule is CCC(/C=C/CBr)CC. The van der Waals surface area contributed by atoms with E-state index in [9.17, 15) is 0 Å². The molecule has 54 valence electrons. The standard InChI is InChI=1S/C8H15Br/c1-3-8(4-2)6-5-7-9/h5-6,8H,3-4,7H2,1-2H3/b6-5+. The molecule has 0 spiro atoms. The van der Waals surface area contributed by atoms with Gasteiger partial charge < -0.3 is 0 Å². The fraction of sp³-hybridized carbons (Fsp3) is 0.750. The zero-order valence-electron chi connectivity index (χ0n) is 6.23. The van der Waals surface area contributed by atoms with Gasteiger partial charge in [0.25, 0.3) is 0 Å². The average Bonchev–Trinajstić information content (AvgIpc) is 1.91. The smallest absolute Gasteiger partial charge is 0.0212 e. The van der Waals surface area contributed by atoms with Crippen LogP contribution in [0.25, 0.3) is 0 Å². The number of allylic oxidation sites excluding steroid dienone is 2. The summed E-state index contributed by atoms with van der Waals surface area (Å²) < 4.78 is 0. The van der Waals surface area contributed by atoms with Gasteiger partial charge >= 0.3 is 0 Å². The van der Waals surface area contributed by atoms with Crippen molar-refractivity contribution in [3.8, 4) is 0 Å². The zero-order valence-corrected chi connectivity index (χ0v) is 7.82. The number of hydrogen-bond acceptors (Lipinski definition) is 0. The Hall–Kier alpha value is 0.220. The summed E-state index contributed by atoms with van der Waals surface area (Å²) in [5.41, 5.74) is 0. The predicted octanol–water partition coefficient (Wildman–Crippen LogP) is 3.37. The lowest BCUT2D eigenvalue weighted by molar-refractivity contribution is 0.606. The van der Waals surface area contributed by atoms with Crippen molar-refractivity contribution < 1.29 is 0 Å². The van der Waals surface area contributed by atoms with Gasteiger partial charge in [-0.15, -0.1) is 0 Å². The number of halogens is 1. The van der Waals surface area contributed by atoms with Crippen LogP contribution in [0.1, 0.15) is 26.7 Å². The highest BCUT2D eigenvalue weighted by Gasteiger charge is 1.94. The Morgan fingerprint density at radius 1 is 1.33 bits per heavy atom. The minimum absolute atomic E-state index is 0.794. The van der Waals surface area contributed by atoms with Gasteiger partial charge in [-0.1, -0.05) is 41.9 Å². The van der Waals surface area contributed by atoms with E-state index in [-0.39, 0.29) is 0 Å². The Kier molecular flexibility index (Phi) is 6.50. The maximum absolute atomic E-state index is 3.35. The lowest BCUT2D eigenvalue weighted by Gasteiger charge is -2.03. The fourth-order valence-electron chi connectivity index (χ4n) is 0.805. The van der Waals surface area contributed by atoms with E-state index in [1.807, 2.05) is 0 Å². The minimum Gasteiger partial charge on any atom is -0.0883 e. The van der Waals surface area contributed by atoms with E-state index >= 15 is 0 Å². The van der Waals surface area contributed by atoms with Crippen molar-refractivity contribution in [3.05, 3.63) is 12.2 Å². The Balaban J connectivity index is 3.41. The van der Waals surface area contributed by atoms with Gasteiger partial charge in [0.1, 0.15) is 0 Å². The van der Waals surface area contributed by atoms with E-state index < -0.39 is 0 Å². The molecule has 0 amide bonds. The summed E-state index contributed by atoms with van der Waals surface area (Å²) in [5.74, 6) is 0.794. The van der Waals surface area contributed by atoms with Gasteiger partial charge in [-0.25, -0.2) is 0 Å². The molecular weight excluding hydrogens is 176 g/mol. The molecule has 0 rings (SSSR count). The van der Waals surface area contributed by atoms with E-state index in [0.717, 1.165) is 11.2 Å². The number of alkyl halides is 1. The summed E-state index contributed by atoms with van der Waals surface area (Å²) in [6, 6.07) is 0. The van der Waals surface area contributed by atoms with Gasteiger partial charge in [0.15, 0.2) is 0 Å². The lowest BCUT2D eigenvalue weighted by atomic mass is 10.0. The molecule has 0 bridgehead atoms. The highest BCUT2D eigenvalue weighted by molar-refractivity contribution is 9.09. The molecule has 0 saturated heterocycles. The summed E-state index contributed by atoms with van der Waals surface area (Å²) in [6.45, 7) is 4.46. The molecule has 0 aliphatic rings. The highest BCUT2D eigenvalue weighted by Crippen LogP contribution is 2.08. The van der Waals surface area contributed by atoms with Crippen molar-refractivity contribution in [2.45, 2.75) is 26.7 Å². The topological polar surface area (TPSA) is 0 Å². The van der Waals surface area contributed by atoms with Gasteiger partial charge in [-0.2, -0.15) is 0 Å². The molecule has 0 atom stereocenters. The molecule has 0 nitrogen and oxygen atoms in total. The molecule has 0 aromatic rings. The van der Waals surface area contributed by atoms with E-state index in [4.69, 9.17) is 0 Å². The first kappa shape index (κ1) is 9.22. The second-order valence-corrected chi connectivity index (χ2v) is 2.81. The molecule has 0 fully saturated rings. The van der Waals surface area contributed by atoms with Crippen LogP contribution in [-0.2, 0) is 0 Å². The third-order valence-electron chi connectivity index (χ3n) is 1.55. The van der Waals surface area contributed by atoms with Crippen LogP contribution < -0.4 is 0 Å². The van der Waals surface area contributed by atoms with Gasteiger partial charge in [0.05, 0.1) is 0 Å². The van der Waals surface area contributed by atoms with Crippen LogP contribution in [0.5, 0.6) is 0 Å². The molecular formula is C8H15Br. The molecule has 0 heterocycles. The quantitative estimate of drug-likeness (QED) is 0.472. The molecule has 0 N–H and O–H groups in total. The average molecular weight is 191 g/mol. The summed E-state index contributed by atoms with van der Waals surface area (Å²) in [5, 5.41) is 0.990. The van der Waals surface area contributed by atoms with Crippen molar-refractivity contribution in [2.24, 2.45) is 5.92 Å². The summed E-state index contributed by atoms with van der Waals surface area (Å²) >= 11 is 3.35. The second kappa shape index (κ2) is 6.34. The van der Waals surface area contributed by atoms with Gasteiger partial charge in [-0.3, -0.25) is 0 Å². The molecule has 9 heavy (non-hydrogen) atoms. The maximum Gasteiger partial charge on any atom is 0.0212 e. The highest BCUT2D eigenvalue weighted by atomic mass is 79.9. The van der Waals surface area contributed by atoms with Crippen LogP contribution >= 0.6 is 15.9 Å². The Morgan fingerprint density at radius 3 is 2.22 bits per heavy atom. The van der Waals surface area contributed by atoms with Gasteiger partial charge in [0, 0.05) is 5.33 Å². The normalized spacial score (nSPS) is 11.6. The predicted molar refractivity (Wildman–Crippen MR) is 47.0 cm³/mol. The molecule has 0 radical (unpaired) electrons. The molecule has 0 aromatic heterocycles. The van der Waals surface area contributed by atoms with E-state index in [0.29, 0.717) is 0 Å². The van der Waals surface area contributed by atoms with Gasteiger partial charge in [0.2, 0.25) is 0 Å². The first-order valence-corrected chi connectivity index (χ1v) is 4.69. The van der Waals surface area contributed by atoms with Crippen LogP contribution in [-0.4, -0.2) is 5.33 Å². The monoisotopic (exact) mass is 190 g/mol. The molecule has 0 aliphatic carbocycles. The van der Waals surface area contributed by atoms with E-state index in [1.54, 1.807) is 0 Å². The zero-order chi connectivity index (χ0) is 7.11. The molecule has 0 saturated carbocycles. The van der Waals surface area contributed by atoms with Crippen LogP contribution in [0.3, 0.4) is 0 Å². The second-order valence-electron chi connectivity index (χ2n) is 2.16. The molecule has 0 aromatic carbocycles. The maximum atomic E-state index is 3.35. The number of hydrogen-bond donors (Lipinski definition) is 0. The van der Waals surface area contributed by atoms with Crippen LogP contribution in [0.15, 0.2) is 12.2 Å². The van der Waals surface area contributed by atoms with Crippen molar-refractivity contribution in [2.75, 3.05) is 5.33 Å². The first-order chi connectivity index (χ1) is 4.35. The van der Waals surface area contributed by atoms with Crippen LogP contribution in [0.2, 0.25) is 0 Å². The summed E-state index contributed by atoms with van der Waals surface area (Å²) in [7, 11) is 0. The molecule has 0 aliphatic heterocycles. The number of rotatable bonds is 4. The van der Waals surface area contributed by atoms with Crippen LogP contribution in [0, 0.1) is 5.92 Å². The summed E-state index contributed by atoms with van der Waals surface area (Å²) in [4.78, 5) is 0. The van der Waals surface area contributed by atoms with Crippen LogP contribution in [0.4, 0.5) is 0 Å². The Bertz CT molecular complexity index is 72.6. The van der Waals surface area contributed by atoms with Crippen molar-refractivity contribution in [1.82, 2.24) is 0 Å². The van der Waals surface area contributed by atoms with E-state index in [1.165, 1.54) is 12.8 Å². The van der Waals surface area contributed by atoms with Crippen molar-refractivity contribution >= 4 is 15.9 Å². The third kappa shape index (κ3) is 4.71. The molecule has 1 heteroatoms.